The highest BCUT2D eigenvalue weighted by Gasteiger charge is 2.37. The van der Waals surface area contributed by atoms with E-state index in [0.29, 0.717) is 11.4 Å². The van der Waals surface area contributed by atoms with Crippen LogP contribution in [0, 0.1) is 5.92 Å². The Labute approximate surface area is 219 Å². The van der Waals surface area contributed by atoms with Gasteiger partial charge >= 0.3 is 12.4 Å². The van der Waals surface area contributed by atoms with Crippen molar-refractivity contribution in [1.29, 1.82) is 0 Å². The summed E-state index contributed by atoms with van der Waals surface area (Å²) in [6, 6.07) is 18.0. The quantitative estimate of drug-likeness (QED) is 0.269. The summed E-state index contributed by atoms with van der Waals surface area (Å²) in [6.07, 6.45) is -10.6. The Morgan fingerprint density at radius 3 is 1.62 bits per heavy atom. The number of nitrogens with zero attached hydrogens (tertiary/aromatic N) is 1. The summed E-state index contributed by atoms with van der Waals surface area (Å²) in [4.78, 5) is 39.2. The number of hydrogen-bond acceptors (Lipinski definition) is 3. The van der Waals surface area contributed by atoms with Crippen LogP contribution in [0.1, 0.15) is 41.3 Å². The van der Waals surface area contributed by atoms with Crippen LogP contribution in [0.3, 0.4) is 0 Å². The molecule has 206 valence electrons. The van der Waals surface area contributed by atoms with E-state index in [0.717, 1.165) is 0 Å². The maximum absolute atomic E-state index is 13.2. The van der Waals surface area contributed by atoms with Crippen molar-refractivity contribution in [3.63, 3.8) is 0 Å². The summed E-state index contributed by atoms with van der Waals surface area (Å²) in [6.45, 7) is 1.61. The van der Waals surface area contributed by atoms with Gasteiger partial charge in [-0.25, -0.2) is 0 Å². The molecule has 12 heteroatoms. The van der Waals surface area contributed by atoms with Crippen LogP contribution in [-0.4, -0.2) is 17.7 Å². The fourth-order valence-electron chi connectivity index (χ4n) is 3.70. The average molecular weight is 551 g/mol. The topological polar surface area (TPSA) is 78.5 Å². The second-order valence-corrected chi connectivity index (χ2v) is 8.71. The molecule has 39 heavy (non-hydrogen) atoms. The van der Waals surface area contributed by atoms with E-state index < -0.39 is 46.8 Å². The van der Waals surface area contributed by atoms with Crippen molar-refractivity contribution in [2.24, 2.45) is 5.92 Å². The molecule has 0 saturated heterocycles. The first-order valence-electron chi connectivity index (χ1n) is 11.6. The molecule has 0 spiro atoms. The number of halogens is 6. The Bertz CT molecular complexity index is 1240. The van der Waals surface area contributed by atoms with Crippen LogP contribution < -0.4 is 15.8 Å². The number of carbonyl (C=O) groups excluding carboxylic acids is 3. The zero-order chi connectivity index (χ0) is 28.8. The molecule has 3 aromatic carbocycles. The van der Waals surface area contributed by atoms with Crippen LogP contribution in [0.4, 0.5) is 37.7 Å². The Hall–Kier alpha value is -4.35. The minimum atomic E-state index is -5.13. The Morgan fingerprint density at radius 1 is 0.718 bits per heavy atom. The summed E-state index contributed by atoms with van der Waals surface area (Å²) in [7, 11) is 0. The van der Waals surface area contributed by atoms with Crippen molar-refractivity contribution in [1.82, 2.24) is 10.9 Å². The van der Waals surface area contributed by atoms with Gasteiger partial charge < -0.3 is 0 Å². The summed E-state index contributed by atoms with van der Waals surface area (Å²) < 4.78 is 78.2. The third-order valence-electron chi connectivity index (χ3n) is 5.50. The second-order valence-electron chi connectivity index (χ2n) is 8.71. The molecular weight excluding hydrogens is 528 g/mol. The van der Waals surface area contributed by atoms with Gasteiger partial charge in [-0.15, -0.1) is 0 Å². The zero-order valence-corrected chi connectivity index (χ0v) is 20.4. The summed E-state index contributed by atoms with van der Waals surface area (Å²) in [5, 5.41) is 0. The molecule has 0 fully saturated rings. The molecule has 0 aliphatic heterocycles. The molecule has 2 N–H and O–H groups in total. The van der Waals surface area contributed by atoms with Crippen molar-refractivity contribution in [3.8, 4) is 0 Å². The maximum atomic E-state index is 13.2. The summed E-state index contributed by atoms with van der Waals surface area (Å²) in [5.74, 6) is -3.02. The molecular formula is C27H23F6N3O3. The highest BCUT2D eigenvalue weighted by Crippen LogP contribution is 2.36. The molecule has 1 atom stereocenters. The van der Waals surface area contributed by atoms with Crippen molar-refractivity contribution in [2.45, 2.75) is 32.1 Å². The molecule has 6 nitrogen and oxygen atoms in total. The molecule has 0 aliphatic carbocycles. The number of rotatable bonds is 7. The lowest BCUT2D eigenvalue weighted by atomic mass is 10.0. The van der Waals surface area contributed by atoms with E-state index in [-0.39, 0.29) is 36.9 Å². The molecule has 0 aromatic heterocycles. The molecule has 0 bridgehead atoms. The van der Waals surface area contributed by atoms with Gasteiger partial charge in [-0.1, -0.05) is 43.3 Å². The van der Waals surface area contributed by atoms with Crippen molar-refractivity contribution in [2.75, 3.05) is 4.90 Å². The van der Waals surface area contributed by atoms with E-state index in [1.54, 1.807) is 67.6 Å². The van der Waals surface area contributed by atoms with Crippen molar-refractivity contribution < 1.29 is 40.7 Å². The number of carbonyl (C=O) groups is 3. The Morgan fingerprint density at radius 2 is 1.18 bits per heavy atom. The molecule has 0 aliphatic rings. The largest absolute Gasteiger partial charge is 0.416 e. The van der Waals surface area contributed by atoms with Crippen LogP contribution in [0.25, 0.3) is 0 Å². The van der Waals surface area contributed by atoms with Gasteiger partial charge in [0.05, 0.1) is 11.1 Å². The van der Waals surface area contributed by atoms with Crippen LogP contribution >= 0.6 is 0 Å². The lowest BCUT2D eigenvalue weighted by Gasteiger charge is -2.24. The number of alkyl halides is 6. The number of amides is 3. The minimum Gasteiger partial charge on any atom is -0.281 e. The van der Waals surface area contributed by atoms with Gasteiger partial charge in [0.15, 0.2) is 0 Å². The molecule has 0 heterocycles. The third-order valence-corrected chi connectivity index (χ3v) is 5.50. The number of hydrazine groups is 1. The lowest BCUT2D eigenvalue weighted by molar-refractivity contribution is -0.143. The van der Waals surface area contributed by atoms with E-state index in [9.17, 15) is 40.7 Å². The van der Waals surface area contributed by atoms with Crippen molar-refractivity contribution >= 4 is 29.1 Å². The molecule has 0 saturated carbocycles. The average Bonchev–Trinajstić information content (AvgIpc) is 2.87. The summed E-state index contributed by atoms with van der Waals surface area (Å²) >= 11 is 0. The highest BCUT2D eigenvalue weighted by molar-refractivity contribution is 6.01. The highest BCUT2D eigenvalue weighted by atomic mass is 19.4. The first-order valence-corrected chi connectivity index (χ1v) is 11.6. The zero-order valence-electron chi connectivity index (χ0n) is 20.4. The molecule has 3 amide bonds. The first kappa shape index (κ1) is 29.2. The van der Waals surface area contributed by atoms with Crippen LogP contribution in [0.15, 0.2) is 78.9 Å². The number of para-hydroxylation sites is 2. The van der Waals surface area contributed by atoms with Gasteiger partial charge in [0.1, 0.15) is 0 Å². The Kier molecular flexibility index (Phi) is 9.00. The monoisotopic (exact) mass is 551 g/mol. The Balaban J connectivity index is 1.64. The van der Waals surface area contributed by atoms with Gasteiger partial charge in [-0.2, -0.15) is 26.3 Å². The molecule has 0 unspecified atom stereocenters. The van der Waals surface area contributed by atoms with Gasteiger partial charge in [-0.3, -0.25) is 30.1 Å². The van der Waals surface area contributed by atoms with Gasteiger partial charge in [0.25, 0.3) is 5.91 Å². The normalized spacial score (nSPS) is 12.4. The third kappa shape index (κ3) is 8.06. The molecule has 3 rings (SSSR count). The van der Waals surface area contributed by atoms with Gasteiger partial charge in [-0.05, 0) is 48.4 Å². The number of anilines is 2. The second kappa shape index (κ2) is 12.0. The lowest BCUT2D eigenvalue weighted by Crippen LogP contribution is -2.42. The standard InChI is InChI=1S/C27H23F6N3O3/c1-17(13-24(38)36(21-8-4-2-5-9-21)22-10-6-3-7-11-22)12-23(37)34-35-25(39)18-14-19(26(28,29)30)16-20(15-18)27(31,32)33/h2-11,14-17H,12-13H2,1H3,(H,34,37)(H,35,39)/t17-/m1/s1. The maximum Gasteiger partial charge on any atom is 0.416 e. The predicted molar refractivity (Wildman–Crippen MR) is 130 cm³/mol. The van der Waals surface area contributed by atoms with E-state index in [1.165, 1.54) is 4.90 Å². The smallest absolute Gasteiger partial charge is 0.281 e. The predicted octanol–water partition coefficient (Wildman–Crippen LogP) is 6.27. The van der Waals surface area contributed by atoms with E-state index in [2.05, 4.69) is 0 Å². The van der Waals surface area contributed by atoms with E-state index in [1.807, 2.05) is 10.9 Å². The first-order chi connectivity index (χ1) is 18.3. The minimum absolute atomic E-state index is 0.0757. The molecule has 0 radical (unpaired) electrons. The SMILES string of the molecule is C[C@H](CC(=O)NNC(=O)c1cc(C(F)(F)F)cc(C(F)(F)F)c1)CC(=O)N(c1ccccc1)c1ccccc1. The van der Waals surface area contributed by atoms with Crippen LogP contribution in [-0.2, 0) is 21.9 Å². The van der Waals surface area contributed by atoms with Crippen LogP contribution in [0.5, 0.6) is 0 Å². The van der Waals surface area contributed by atoms with E-state index in [4.69, 9.17) is 0 Å². The van der Waals surface area contributed by atoms with Crippen molar-refractivity contribution in [3.05, 3.63) is 95.6 Å². The number of hydrogen-bond donors (Lipinski definition) is 2. The summed E-state index contributed by atoms with van der Waals surface area (Å²) in [5.41, 5.74) is 0.734. The van der Waals surface area contributed by atoms with E-state index >= 15 is 0 Å². The van der Waals surface area contributed by atoms with Gasteiger partial charge in [0.2, 0.25) is 11.8 Å². The fourth-order valence-corrected chi connectivity index (χ4v) is 3.70. The van der Waals surface area contributed by atoms with Gasteiger partial charge in [0, 0.05) is 29.8 Å². The number of benzene rings is 3. The fraction of sp³-hybridized carbons (Fsp3) is 0.222. The molecule has 3 aromatic rings. The van der Waals surface area contributed by atoms with Crippen LogP contribution in [0.2, 0.25) is 0 Å². The number of nitrogens with one attached hydrogen (secondary N) is 2.